The zero-order valence-corrected chi connectivity index (χ0v) is 12.0. The van der Waals surface area contributed by atoms with Crippen LogP contribution in [-0.2, 0) is 11.2 Å². The van der Waals surface area contributed by atoms with E-state index in [1.54, 1.807) is 0 Å². The first kappa shape index (κ1) is 16.1. The molecule has 0 radical (unpaired) electrons. The fourth-order valence-electron chi connectivity index (χ4n) is 1.84. The second-order valence-corrected chi connectivity index (χ2v) is 5.22. The zero-order valence-electron chi connectivity index (χ0n) is 12.0. The third-order valence-corrected chi connectivity index (χ3v) is 2.68. The molecule has 0 aliphatic carbocycles. The lowest BCUT2D eigenvalue weighted by Gasteiger charge is -2.18. The number of hydrogen-bond acceptors (Lipinski definition) is 6. The summed E-state index contributed by atoms with van der Waals surface area (Å²) in [6, 6.07) is 0. The molecule has 0 spiro atoms. The second-order valence-electron chi connectivity index (χ2n) is 5.22. The number of nitrogens with one attached hydrogen (secondary N) is 1. The highest BCUT2D eigenvalue weighted by molar-refractivity contribution is 4.75. The maximum atomic E-state index is 9.75. The molecule has 0 amide bonds. The van der Waals surface area contributed by atoms with Gasteiger partial charge in [-0.3, -0.25) is 0 Å². The summed E-state index contributed by atoms with van der Waals surface area (Å²) in [5, 5.41) is 16.4. The molecule has 0 aliphatic heterocycles. The molecule has 6 nitrogen and oxygen atoms in total. The molecule has 1 aromatic heterocycles. The van der Waals surface area contributed by atoms with Crippen LogP contribution in [0.2, 0.25) is 0 Å². The van der Waals surface area contributed by atoms with Gasteiger partial charge in [0.1, 0.15) is 0 Å². The first-order valence-corrected chi connectivity index (χ1v) is 6.83. The van der Waals surface area contributed by atoms with Gasteiger partial charge in [0.2, 0.25) is 5.89 Å². The van der Waals surface area contributed by atoms with Gasteiger partial charge in [0, 0.05) is 19.5 Å². The van der Waals surface area contributed by atoms with E-state index in [-0.39, 0.29) is 6.10 Å². The number of aliphatic hydroxyl groups is 1. The minimum atomic E-state index is -0.489. The molecule has 0 aromatic carbocycles. The van der Waals surface area contributed by atoms with Gasteiger partial charge in [-0.1, -0.05) is 19.0 Å². The van der Waals surface area contributed by atoms with Crippen LogP contribution >= 0.6 is 0 Å². The van der Waals surface area contributed by atoms with E-state index in [0.717, 1.165) is 6.42 Å². The van der Waals surface area contributed by atoms with Gasteiger partial charge in [0.05, 0.1) is 18.8 Å². The van der Waals surface area contributed by atoms with Crippen molar-refractivity contribution in [3.63, 3.8) is 0 Å². The average Bonchev–Trinajstić information content (AvgIpc) is 2.84. The molecule has 2 N–H and O–H groups in total. The molecule has 6 heteroatoms. The Hall–Kier alpha value is -0.980. The quantitative estimate of drug-likeness (QED) is 0.618. The summed E-state index contributed by atoms with van der Waals surface area (Å²) in [5.74, 6) is 1.21. The lowest BCUT2D eigenvalue weighted by Crippen LogP contribution is -2.32. The molecule has 19 heavy (non-hydrogen) atoms. The van der Waals surface area contributed by atoms with Gasteiger partial charge < -0.3 is 19.7 Å². The van der Waals surface area contributed by atoms with Crippen molar-refractivity contribution < 1.29 is 14.4 Å². The number of nitrogens with zero attached hydrogens (tertiary/aromatic N) is 2. The lowest BCUT2D eigenvalue weighted by atomic mass is 10.1. The predicted molar refractivity (Wildman–Crippen MR) is 71.7 cm³/mol. The molecule has 0 fully saturated rings. The topological polar surface area (TPSA) is 80.4 Å². The Morgan fingerprint density at radius 1 is 1.42 bits per heavy atom. The number of aromatic nitrogens is 2. The molecule has 1 rings (SSSR count). The van der Waals surface area contributed by atoms with Crippen molar-refractivity contribution in [2.45, 2.75) is 45.8 Å². The van der Waals surface area contributed by atoms with Gasteiger partial charge in [-0.05, 0) is 19.3 Å². The standard InChI is InChI=1S/C13H25N3O3/c1-10(2)6-11(3)18-8-12(17)7-14-5-4-13-15-9-16-19-13/h9-12,14,17H,4-8H2,1-3H3. The lowest BCUT2D eigenvalue weighted by molar-refractivity contribution is -0.00841. The van der Waals surface area contributed by atoms with Crippen LogP contribution in [0, 0.1) is 5.92 Å². The van der Waals surface area contributed by atoms with Crippen LogP contribution in [0.3, 0.4) is 0 Å². The summed E-state index contributed by atoms with van der Waals surface area (Å²) in [6.07, 6.45) is 2.76. The summed E-state index contributed by atoms with van der Waals surface area (Å²) in [7, 11) is 0. The molecule has 1 heterocycles. The van der Waals surface area contributed by atoms with Crippen LogP contribution in [0.25, 0.3) is 0 Å². The molecule has 0 saturated carbocycles. The zero-order chi connectivity index (χ0) is 14.1. The van der Waals surface area contributed by atoms with Crippen LogP contribution in [0.15, 0.2) is 10.9 Å². The highest BCUT2D eigenvalue weighted by Gasteiger charge is 2.09. The molecule has 0 aliphatic rings. The monoisotopic (exact) mass is 271 g/mol. The Balaban J connectivity index is 2.00. The van der Waals surface area contributed by atoms with Gasteiger partial charge in [-0.15, -0.1) is 0 Å². The Labute approximate surface area is 114 Å². The van der Waals surface area contributed by atoms with E-state index in [4.69, 9.17) is 9.26 Å². The van der Waals surface area contributed by atoms with Gasteiger partial charge in [-0.25, -0.2) is 0 Å². The molecular formula is C13H25N3O3. The SMILES string of the molecule is CC(C)CC(C)OCC(O)CNCCc1ncno1. The fourth-order valence-corrected chi connectivity index (χ4v) is 1.84. The molecule has 0 bridgehead atoms. The van der Waals surface area contributed by atoms with Gasteiger partial charge in [-0.2, -0.15) is 4.98 Å². The molecule has 2 atom stereocenters. The van der Waals surface area contributed by atoms with Crippen LogP contribution in [0.5, 0.6) is 0 Å². The van der Waals surface area contributed by atoms with Gasteiger partial charge >= 0.3 is 0 Å². The molecule has 2 unspecified atom stereocenters. The summed E-state index contributed by atoms with van der Waals surface area (Å²) >= 11 is 0. The minimum Gasteiger partial charge on any atom is -0.389 e. The Morgan fingerprint density at radius 2 is 2.21 bits per heavy atom. The predicted octanol–water partition coefficient (Wildman–Crippen LogP) is 1.01. The molecule has 1 aromatic rings. The van der Waals surface area contributed by atoms with Crippen molar-refractivity contribution >= 4 is 0 Å². The van der Waals surface area contributed by atoms with Crippen LogP contribution in [-0.4, -0.2) is 47.2 Å². The number of rotatable bonds is 10. The summed E-state index contributed by atoms with van der Waals surface area (Å²) in [5.41, 5.74) is 0. The second kappa shape index (κ2) is 9.01. The number of hydrogen-bond donors (Lipinski definition) is 2. The summed E-state index contributed by atoms with van der Waals surface area (Å²) < 4.78 is 10.5. The highest BCUT2D eigenvalue weighted by atomic mass is 16.5. The van der Waals surface area contributed by atoms with Crippen molar-refractivity contribution in [3.05, 3.63) is 12.2 Å². The van der Waals surface area contributed by atoms with Crippen LogP contribution < -0.4 is 5.32 Å². The largest absolute Gasteiger partial charge is 0.389 e. The third kappa shape index (κ3) is 7.92. The van der Waals surface area contributed by atoms with E-state index < -0.39 is 6.10 Å². The first-order chi connectivity index (χ1) is 9.08. The van der Waals surface area contributed by atoms with Gasteiger partial charge in [0.15, 0.2) is 6.33 Å². The summed E-state index contributed by atoms with van der Waals surface area (Å²) in [6.45, 7) is 7.92. The van der Waals surface area contributed by atoms with E-state index in [9.17, 15) is 5.11 Å². The van der Waals surface area contributed by atoms with Crippen molar-refractivity contribution in [2.75, 3.05) is 19.7 Å². The van der Waals surface area contributed by atoms with E-state index in [2.05, 4.69) is 29.3 Å². The van der Waals surface area contributed by atoms with Crippen LogP contribution in [0.1, 0.15) is 33.1 Å². The smallest absolute Gasteiger partial charge is 0.227 e. The average molecular weight is 271 g/mol. The number of aliphatic hydroxyl groups excluding tert-OH is 1. The highest BCUT2D eigenvalue weighted by Crippen LogP contribution is 2.07. The Kier molecular flexibility index (Phi) is 7.62. The fraction of sp³-hybridized carbons (Fsp3) is 0.846. The van der Waals surface area contributed by atoms with Crippen molar-refractivity contribution in [2.24, 2.45) is 5.92 Å². The van der Waals surface area contributed by atoms with E-state index in [0.29, 0.717) is 37.9 Å². The van der Waals surface area contributed by atoms with E-state index in [1.807, 2.05) is 6.92 Å². The maximum absolute atomic E-state index is 9.75. The van der Waals surface area contributed by atoms with Crippen LogP contribution in [0.4, 0.5) is 0 Å². The molecule has 110 valence electrons. The summed E-state index contributed by atoms with van der Waals surface area (Å²) in [4.78, 5) is 3.92. The minimum absolute atomic E-state index is 0.188. The Bertz CT molecular complexity index is 317. The van der Waals surface area contributed by atoms with Gasteiger partial charge in [0.25, 0.3) is 0 Å². The molecule has 0 saturated heterocycles. The number of ether oxygens (including phenoxy) is 1. The third-order valence-electron chi connectivity index (χ3n) is 2.68. The van der Waals surface area contributed by atoms with E-state index >= 15 is 0 Å². The van der Waals surface area contributed by atoms with Crippen molar-refractivity contribution in [1.82, 2.24) is 15.5 Å². The van der Waals surface area contributed by atoms with Crippen molar-refractivity contribution in [3.8, 4) is 0 Å². The Morgan fingerprint density at radius 3 is 2.84 bits per heavy atom. The van der Waals surface area contributed by atoms with E-state index in [1.165, 1.54) is 6.33 Å². The maximum Gasteiger partial charge on any atom is 0.227 e. The first-order valence-electron chi connectivity index (χ1n) is 6.83. The molecular weight excluding hydrogens is 246 g/mol. The normalized spacial score (nSPS) is 14.8. The van der Waals surface area contributed by atoms with Crippen molar-refractivity contribution in [1.29, 1.82) is 0 Å².